The van der Waals surface area contributed by atoms with Crippen LogP contribution in [0.1, 0.15) is 17.1 Å². The molecule has 0 amide bonds. The van der Waals surface area contributed by atoms with Crippen molar-refractivity contribution in [3.8, 4) is 5.75 Å². The summed E-state index contributed by atoms with van der Waals surface area (Å²) in [5.74, 6) is 1.71. The fraction of sp³-hybridized carbons (Fsp3) is 0.200. The van der Waals surface area contributed by atoms with Gasteiger partial charge in [-0.2, -0.15) is 0 Å². The van der Waals surface area contributed by atoms with Gasteiger partial charge < -0.3 is 4.74 Å². The van der Waals surface area contributed by atoms with Crippen molar-refractivity contribution in [3.63, 3.8) is 0 Å². The van der Waals surface area contributed by atoms with Crippen molar-refractivity contribution in [1.29, 1.82) is 0 Å². The molecule has 0 saturated heterocycles. The van der Waals surface area contributed by atoms with Crippen LogP contribution in [0, 0.1) is 13.8 Å². The Morgan fingerprint density at radius 3 is 2.47 bits per heavy atom. The topological polar surface area (TPSA) is 35.0 Å². The molecule has 2 aromatic rings. The van der Waals surface area contributed by atoms with Crippen LogP contribution < -0.4 is 10.0 Å². The molecule has 1 aromatic heterocycles. The number of aryl methyl sites for hydroxylation is 2. The molecule has 4 heteroatoms. The quantitative estimate of drug-likeness (QED) is 0.790. The molecule has 0 aliphatic rings. The predicted molar refractivity (Wildman–Crippen MR) is 83.9 cm³/mol. The summed E-state index contributed by atoms with van der Waals surface area (Å²) in [7, 11) is 4.32. The first kappa shape index (κ1) is 15.3. The zero-order chi connectivity index (χ0) is 14.3. The third-order valence-electron chi connectivity index (χ3n) is 2.39. The Bertz CT molecular complexity index is 556. The maximum atomic E-state index is 5.08. The molecule has 1 atom stereocenters. The SMILES string of the molecule is C=Cc1ccnc(C)n1.COc1ccc(C)cc1P. The number of aromatic nitrogens is 2. The molecule has 0 N–H and O–H groups in total. The lowest BCUT2D eigenvalue weighted by Gasteiger charge is -2.03. The number of nitrogens with zero attached hydrogens (tertiary/aromatic N) is 2. The van der Waals surface area contributed by atoms with E-state index in [-0.39, 0.29) is 0 Å². The minimum atomic E-state index is 0.785. The van der Waals surface area contributed by atoms with Crippen LogP contribution >= 0.6 is 9.24 Å². The molecule has 0 fully saturated rings. The second kappa shape index (κ2) is 7.65. The van der Waals surface area contributed by atoms with E-state index in [1.165, 1.54) is 5.56 Å². The second-order valence-electron chi connectivity index (χ2n) is 3.98. The lowest BCUT2D eigenvalue weighted by Crippen LogP contribution is -1.97. The van der Waals surface area contributed by atoms with E-state index in [1.807, 2.05) is 25.1 Å². The van der Waals surface area contributed by atoms with Crippen LogP contribution in [-0.2, 0) is 0 Å². The monoisotopic (exact) mass is 274 g/mol. The van der Waals surface area contributed by atoms with Crippen molar-refractivity contribution < 1.29 is 4.74 Å². The summed E-state index contributed by atoms with van der Waals surface area (Å²) in [6.45, 7) is 7.50. The van der Waals surface area contributed by atoms with Crippen molar-refractivity contribution in [2.75, 3.05) is 7.11 Å². The smallest absolute Gasteiger partial charge is 0.125 e. The molecule has 0 radical (unpaired) electrons. The van der Waals surface area contributed by atoms with Crippen LogP contribution in [0.5, 0.6) is 5.75 Å². The van der Waals surface area contributed by atoms with Crippen molar-refractivity contribution in [3.05, 3.63) is 54.1 Å². The summed E-state index contributed by atoms with van der Waals surface area (Å²) >= 11 is 0. The molecule has 1 unspecified atom stereocenters. The largest absolute Gasteiger partial charge is 0.496 e. The number of hydrogen-bond donors (Lipinski definition) is 0. The van der Waals surface area contributed by atoms with E-state index in [4.69, 9.17) is 4.74 Å². The first-order chi connectivity index (χ1) is 9.06. The van der Waals surface area contributed by atoms with E-state index in [1.54, 1.807) is 19.4 Å². The van der Waals surface area contributed by atoms with Crippen molar-refractivity contribution in [2.45, 2.75) is 13.8 Å². The molecular formula is C15H19N2OP. The summed E-state index contributed by atoms with van der Waals surface area (Å²) < 4.78 is 5.08. The fourth-order valence-electron chi connectivity index (χ4n) is 1.44. The van der Waals surface area contributed by atoms with Gasteiger partial charge in [-0.3, -0.25) is 0 Å². The molecule has 100 valence electrons. The van der Waals surface area contributed by atoms with Crippen molar-refractivity contribution >= 4 is 20.6 Å². The van der Waals surface area contributed by atoms with Crippen LogP contribution in [0.2, 0.25) is 0 Å². The molecule has 0 aliphatic carbocycles. The highest BCUT2D eigenvalue weighted by Gasteiger charge is 1.95. The molecule has 1 aromatic carbocycles. The Labute approximate surface area is 117 Å². The van der Waals surface area contributed by atoms with Crippen molar-refractivity contribution in [2.24, 2.45) is 0 Å². The lowest BCUT2D eigenvalue weighted by atomic mass is 10.2. The molecule has 2 rings (SSSR count). The molecule has 0 spiro atoms. The Kier molecular flexibility index (Phi) is 6.17. The second-order valence-corrected chi connectivity index (χ2v) is 4.60. The fourth-order valence-corrected chi connectivity index (χ4v) is 1.92. The molecule has 0 aliphatic heterocycles. The van der Waals surface area contributed by atoms with Crippen molar-refractivity contribution in [1.82, 2.24) is 9.97 Å². The van der Waals surface area contributed by atoms with Gasteiger partial charge in [0.05, 0.1) is 12.8 Å². The average molecular weight is 274 g/mol. The summed E-state index contributed by atoms with van der Waals surface area (Å²) in [4.78, 5) is 7.99. The van der Waals surface area contributed by atoms with Gasteiger partial charge in [0.1, 0.15) is 11.6 Å². The Hall–Kier alpha value is -1.73. The zero-order valence-corrected chi connectivity index (χ0v) is 12.7. The van der Waals surface area contributed by atoms with Gasteiger partial charge in [0.25, 0.3) is 0 Å². The van der Waals surface area contributed by atoms with Gasteiger partial charge in [-0.05, 0) is 38.1 Å². The highest BCUT2D eigenvalue weighted by atomic mass is 31.0. The van der Waals surface area contributed by atoms with Crippen LogP contribution in [0.3, 0.4) is 0 Å². The first-order valence-electron chi connectivity index (χ1n) is 5.89. The number of rotatable bonds is 2. The van der Waals surface area contributed by atoms with E-state index in [0.29, 0.717) is 0 Å². The molecule has 0 bridgehead atoms. The Morgan fingerprint density at radius 2 is 2.00 bits per heavy atom. The van der Waals surface area contributed by atoms with E-state index in [0.717, 1.165) is 22.6 Å². The van der Waals surface area contributed by atoms with Crippen LogP contribution in [0.15, 0.2) is 37.0 Å². The molecular weight excluding hydrogens is 255 g/mol. The predicted octanol–water partition coefficient (Wildman–Crippen LogP) is 2.93. The third-order valence-corrected chi connectivity index (χ3v) is 2.84. The molecule has 0 saturated carbocycles. The normalized spacial score (nSPS) is 9.26. The number of benzene rings is 1. The summed E-state index contributed by atoms with van der Waals surface area (Å²) in [5, 5.41) is 1.11. The molecule has 1 heterocycles. The van der Waals surface area contributed by atoms with Gasteiger partial charge in [-0.1, -0.05) is 18.2 Å². The van der Waals surface area contributed by atoms with Gasteiger partial charge in [0.15, 0.2) is 0 Å². The number of methoxy groups -OCH3 is 1. The van der Waals surface area contributed by atoms with E-state index >= 15 is 0 Å². The average Bonchev–Trinajstić information content (AvgIpc) is 2.39. The molecule has 19 heavy (non-hydrogen) atoms. The van der Waals surface area contributed by atoms with Gasteiger partial charge in [0.2, 0.25) is 0 Å². The number of ether oxygens (including phenoxy) is 1. The third kappa shape index (κ3) is 5.19. The summed E-state index contributed by atoms with van der Waals surface area (Å²) in [6.07, 6.45) is 3.42. The van der Waals surface area contributed by atoms with Gasteiger partial charge in [-0.15, -0.1) is 9.24 Å². The van der Waals surface area contributed by atoms with Gasteiger partial charge >= 0.3 is 0 Å². The van der Waals surface area contributed by atoms with Crippen LogP contribution in [0.4, 0.5) is 0 Å². The van der Waals surface area contributed by atoms with Crippen LogP contribution in [0.25, 0.3) is 6.08 Å². The standard InChI is InChI=1S/C8H11OP.C7H8N2/c1-6-3-4-7(9-2)8(10)5-6;1-3-7-4-5-8-6(2)9-7/h3-5H,10H2,1-2H3;3-5H,1H2,2H3. The Balaban J connectivity index is 0.000000191. The Morgan fingerprint density at radius 1 is 1.26 bits per heavy atom. The maximum absolute atomic E-state index is 5.08. The number of hydrogen-bond acceptors (Lipinski definition) is 3. The maximum Gasteiger partial charge on any atom is 0.125 e. The van der Waals surface area contributed by atoms with Crippen LogP contribution in [-0.4, -0.2) is 17.1 Å². The lowest BCUT2D eigenvalue weighted by molar-refractivity contribution is 0.418. The van der Waals surface area contributed by atoms with E-state index in [9.17, 15) is 0 Å². The van der Waals surface area contributed by atoms with Gasteiger partial charge in [-0.25, -0.2) is 9.97 Å². The summed E-state index contributed by atoms with van der Waals surface area (Å²) in [5.41, 5.74) is 2.13. The highest BCUT2D eigenvalue weighted by Crippen LogP contribution is 2.10. The van der Waals surface area contributed by atoms with E-state index in [2.05, 4.69) is 38.8 Å². The molecule has 3 nitrogen and oxygen atoms in total. The van der Waals surface area contributed by atoms with E-state index < -0.39 is 0 Å². The minimum absolute atomic E-state index is 0.785. The first-order valence-corrected chi connectivity index (χ1v) is 6.46. The summed E-state index contributed by atoms with van der Waals surface area (Å²) in [6, 6.07) is 7.90. The highest BCUT2D eigenvalue weighted by molar-refractivity contribution is 7.27. The zero-order valence-electron chi connectivity index (χ0n) is 11.6. The minimum Gasteiger partial charge on any atom is -0.496 e. The van der Waals surface area contributed by atoms with Gasteiger partial charge in [0, 0.05) is 11.5 Å².